The predicted octanol–water partition coefficient (Wildman–Crippen LogP) is 5.04. The second kappa shape index (κ2) is 5.14. The molecule has 1 nitrogen and oxygen atoms in total. The molecule has 0 aliphatic carbocycles. The van der Waals surface area contributed by atoms with Gasteiger partial charge >= 0.3 is 6.18 Å². The Labute approximate surface area is 117 Å². The Morgan fingerprint density at radius 2 is 1.70 bits per heavy atom. The molecule has 2 aromatic rings. The summed E-state index contributed by atoms with van der Waals surface area (Å²) in [5.74, 6) is -0.838. The topological polar surface area (TPSA) is 23.8 Å². The van der Waals surface area contributed by atoms with E-state index in [0.29, 0.717) is 12.1 Å². The van der Waals surface area contributed by atoms with Crippen LogP contribution in [0, 0.1) is 17.1 Å². The van der Waals surface area contributed by atoms with Crippen LogP contribution in [0.1, 0.15) is 11.1 Å². The summed E-state index contributed by atoms with van der Waals surface area (Å²) in [5, 5.41) is 8.86. The maximum absolute atomic E-state index is 13.8. The quantitative estimate of drug-likeness (QED) is 0.677. The monoisotopic (exact) mass is 299 g/mol. The minimum absolute atomic E-state index is 0.0503. The largest absolute Gasteiger partial charge is 0.416 e. The Bertz CT molecular complexity index is 701. The van der Waals surface area contributed by atoms with Crippen molar-refractivity contribution in [3.8, 4) is 17.2 Å². The number of benzene rings is 2. The first kappa shape index (κ1) is 14.4. The highest BCUT2D eigenvalue weighted by molar-refractivity contribution is 6.33. The fourth-order valence-electron chi connectivity index (χ4n) is 1.71. The average Bonchev–Trinajstić information content (AvgIpc) is 2.39. The van der Waals surface area contributed by atoms with Crippen molar-refractivity contribution in [1.82, 2.24) is 0 Å². The van der Waals surface area contributed by atoms with E-state index in [1.807, 2.05) is 6.07 Å². The molecule has 0 amide bonds. The zero-order valence-electron chi connectivity index (χ0n) is 9.80. The summed E-state index contributed by atoms with van der Waals surface area (Å²) in [5.41, 5.74) is -1.04. The van der Waals surface area contributed by atoms with Gasteiger partial charge in [0.15, 0.2) is 0 Å². The summed E-state index contributed by atoms with van der Waals surface area (Å²) in [6.45, 7) is 0. The van der Waals surface area contributed by atoms with Gasteiger partial charge in [-0.1, -0.05) is 11.6 Å². The molecule has 0 saturated carbocycles. The maximum Gasteiger partial charge on any atom is 0.416 e. The molecule has 0 radical (unpaired) electrons. The fourth-order valence-corrected chi connectivity index (χ4v) is 1.93. The van der Waals surface area contributed by atoms with Crippen molar-refractivity contribution in [3.63, 3.8) is 0 Å². The molecule has 0 fully saturated rings. The van der Waals surface area contributed by atoms with E-state index < -0.39 is 17.6 Å². The van der Waals surface area contributed by atoms with Gasteiger partial charge in [-0.25, -0.2) is 4.39 Å². The van der Waals surface area contributed by atoms with Gasteiger partial charge in [0.05, 0.1) is 17.2 Å². The zero-order chi connectivity index (χ0) is 14.9. The number of hydrogen-bond donors (Lipinski definition) is 0. The van der Waals surface area contributed by atoms with Crippen LogP contribution in [0.3, 0.4) is 0 Å². The normalized spacial score (nSPS) is 11.2. The SMILES string of the molecule is N#Cc1ccc(Cl)c(-c2cc(C(F)(F)F)ccc2F)c1. The maximum atomic E-state index is 13.8. The van der Waals surface area contributed by atoms with Crippen LogP contribution in [-0.4, -0.2) is 0 Å². The predicted molar refractivity (Wildman–Crippen MR) is 66.6 cm³/mol. The number of nitrogens with zero attached hydrogens (tertiary/aromatic N) is 1. The summed E-state index contributed by atoms with van der Waals surface area (Å²) in [4.78, 5) is 0. The number of nitriles is 1. The number of rotatable bonds is 1. The van der Waals surface area contributed by atoms with Crippen LogP contribution >= 0.6 is 11.6 Å². The van der Waals surface area contributed by atoms with Crippen LogP contribution < -0.4 is 0 Å². The molecule has 0 aromatic heterocycles. The number of alkyl halides is 3. The van der Waals surface area contributed by atoms with E-state index in [2.05, 4.69) is 0 Å². The van der Waals surface area contributed by atoms with Gasteiger partial charge in [-0.05, 0) is 36.4 Å². The second-order valence-electron chi connectivity index (χ2n) is 4.00. The summed E-state index contributed by atoms with van der Waals surface area (Å²) in [6, 6.07) is 7.88. The van der Waals surface area contributed by atoms with Crippen LogP contribution in [0.4, 0.5) is 17.6 Å². The Kier molecular flexibility index (Phi) is 3.69. The minimum Gasteiger partial charge on any atom is -0.206 e. The number of halogens is 5. The molecular formula is C14H6ClF4N. The molecule has 0 atom stereocenters. The minimum atomic E-state index is -4.58. The lowest BCUT2D eigenvalue weighted by Crippen LogP contribution is -2.05. The van der Waals surface area contributed by atoms with E-state index in [-0.39, 0.29) is 21.7 Å². The molecule has 0 bridgehead atoms. The van der Waals surface area contributed by atoms with E-state index >= 15 is 0 Å². The molecule has 2 aromatic carbocycles. The van der Waals surface area contributed by atoms with Gasteiger partial charge in [0.2, 0.25) is 0 Å². The Morgan fingerprint density at radius 3 is 2.30 bits per heavy atom. The van der Waals surface area contributed by atoms with E-state index in [1.54, 1.807) is 0 Å². The van der Waals surface area contributed by atoms with Gasteiger partial charge in [0, 0.05) is 16.1 Å². The first-order valence-corrected chi connectivity index (χ1v) is 5.77. The molecule has 0 N–H and O–H groups in total. The average molecular weight is 300 g/mol. The van der Waals surface area contributed by atoms with E-state index in [9.17, 15) is 17.6 Å². The van der Waals surface area contributed by atoms with Gasteiger partial charge < -0.3 is 0 Å². The van der Waals surface area contributed by atoms with Crippen LogP contribution in [0.15, 0.2) is 36.4 Å². The summed E-state index contributed by atoms with van der Waals surface area (Å²) in [6.07, 6.45) is -4.58. The summed E-state index contributed by atoms with van der Waals surface area (Å²) in [7, 11) is 0. The first-order valence-electron chi connectivity index (χ1n) is 5.39. The molecule has 0 saturated heterocycles. The van der Waals surface area contributed by atoms with Crippen molar-refractivity contribution in [3.05, 3.63) is 58.4 Å². The lowest BCUT2D eigenvalue weighted by atomic mass is 10.0. The Hall–Kier alpha value is -2.06. The lowest BCUT2D eigenvalue weighted by Gasteiger charge is -2.11. The molecule has 0 spiro atoms. The smallest absolute Gasteiger partial charge is 0.206 e. The van der Waals surface area contributed by atoms with Crippen molar-refractivity contribution in [2.24, 2.45) is 0 Å². The molecule has 0 heterocycles. The molecule has 0 aliphatic heterocycles. The van der Waals surface area contributed by atoms with Gasteiger partial charge in [-0.3, -0.25) is 0 Å². The van der Waals surface area contributed by atoms with Crippen molar-refractivity contribution < 1.29 is 17.6 Å². The highest BCUT2D eigenvalue weighted by Gasteiger charge is 2.31. The molecule has 20 heavy (non-hydrogen) atoms. The molecule has 6 heteroatoms. The third-order valence-corrected chi connectivity index (χ3v) is 3.01. The third-order valence-electron chi connectivity index (χ3n) is 2.68. The van der Waals surface area contributed by atoms with Crippen LogP contribution in [0.25, 0.3) is 11.1 Å². The van der Waals surface area contributed by atoms with Crippen molar-refractivity contribution in [2.45, 2.75) is 6.18 Å². The highest BCUT2D eigenvalue weighted by Crippen LogP contribution is 2.36. The van der Waals surface area contributed by atoms with Crippen LogP contribution in [0.5, 0.6) is 0 Å². The van der Waals surface area contributed by atoms with Gasteiger partial charge in [0.1, 0.15) is 5.82 Å². The van der Waals surface area contributed by atoms with Crippen molar-refractivity contribution in [2.75, 3.05) is 0 Å². The van der Waals surface area contributed by atoms with E-state index in [1.165, 1.54) is 18.2 Å². The van der Waals surface area contributed by atoms with Gasteiger partial charge in [0.25, 0.3) is 0 Å². The van der Waals surface area contributed by atoms with Crippen LogP contribution in [0.2, 0.25) is 5.02 Å². The van der Waals surface area contributed by atoms with Gasteiger partial charge in [-0.15, -0.1) is 0 Å². The third kappa shape index (κ3) is 2.75. The van der Waals surface area contributed by atoms with E-state index in [0.717, 1.165) is 6.07 Å². The van der Waals surface area contributed by atoms with Gasteiger partial charge in [-0.2, -0.15) is 18.4 Å². The Morgan fingerprint density at radius 1 is 1.00 bits per heavy atom. The fraction of sp³-hybridized carbons (Fsp3) is 0.0714. The van der Waals surface area contributed by atoms with Crippen LogP contribution in [-0.2, 0) is 6.18 Å². The summed E-state index contributed by atoms with van der Waals surface area (Å²) < 4.78 is 51.7. The molecule has 102 valence electrons. The zero-order valence-corrected chi connectivity index (χ0v) is 10.6. The highest BCUT2D eigenvalue weighted by atomic mass is 35.5. The standard InChI is InChI=1S/C14H6ClF4N/c15-12-3-1-8(7-20)5-10(12)11-6-9(14(17,18)19)2-4-13(11)16/h1-6H. The first-order chi connectivity index (χ1) is 9.32. The van der Waals surface area contributed by atoms with Crippen molar-refractivity contribution >= 4 is 11.6 Å². The number of hydrogen-bond acceptors (Lipinski definition) is 1. The van der Waals surface area contributed by atoms with E-state index in [4.69, 9.17) is 16.9 Å². The summed E-state index contributed by atoms with van der Waals surface area (Å²) >= 11 is 5.87. The molecule has 0 unspecified atom stereocenters. The van der Waals surface area contributed by atoms with Crippen molar-refractivity contribution in [1.29, 1.82) is 5.26 Å². The second-order valence-corrected chi connectivity index (χ2v) is 4.41. The molecular weight excluding hydrogens is 294 g/mol. The Balaban J connectivity index is 2.67. The lowest BCUT2D eigenvalue weighted by molar-refractivity contribution is -0.137. The molecule has 0 aliphatic rings. The molecule has 2 rings (SSSR count).